The molecule has 0 amide bonds. The number of unbranched alkanes of at least 4 members (excludes halogenated alkanes) is 1. The summed E-state index contributed by atoms with van der Waals surface area (Å²) in [5, 5.41) is 16.7. The van der Waals surface area contributed by atoms with E-state index in [-0.39, 0.29) is 0 Å². The molecule has 1 aliphatic rings. The van der Waals surface area contributed by atoms with Gasteiger partial charge in [0, 0.05) is 12.6 Å². The minimum absolute atomic E-state index is 0.478. The maximum Gasteiger partial charge on any atom is 0.165 e. The second kappa shape index (κ2) is 7.16. The van der Waals surface area contributed by atoms with Crippen molar-refractivity contribution in [1.82, 2.24) is 39.9 Å². The SMILES string of the molecule is CCCCn1nnnc1CN1CCC[C@H]1Cn1nc(C)nc1C. The minimum atomic E-state index is 0.478. The maximum absolute atomic E-state index is 4.50. The van der Waals surface area contributed by atoms with E-state index in [0.29, 0.717) is 6.04 Å². The molecule has 1 saturated heterocycles. The summed E-state index contributed by atoms with van der Waals surface area (Å²) in [6, 6.07) is 0.478. The highest BCUT2D eigenvalue weighted by atomic mass is 15.5. The van der Waals surface area contributed by atoms with Crippen molar-refractivity contribution in [3.63, 3.8) is 0 Å². The molecule has 0 N–H and O–H groups in total. The normalized spacial score (nSPS) is 18.8. The van der Waals surface area contributed by atoms with Gasteiger partial charge in [0.05, 0.1) is 13.1 Å². The van der Waals surface area contributed by atoms with Crippen LogP contribution in [0.5, 0.6) is 0 Å². The summed E-state index contributed by atoms with van der Waals surface area (Å²) in [7, 11) is 0. The van der Waals surface area contributed by atoms with E-state index in [2.05, 4.69) is 37.4 Å². The fraction of sp³-hybridized carbons (Fsp3) is 0.800. The molecule has 1 atom stereocenters. The van der Waals surface area contributed by atoms with Gasteiger partial charge in [-0.05, 0) is 50.1 Å². The number of hydrogen-bond donors (Lipinski definition) is 0. The number of nitrogens with zero attached hydrogens (tertiary/aromatic N) is 8. The van der Waals surface area contributed by atoms with E-state index < -0.39 is 0 Å². The van der Waals surface area contributed by atoms with Gasteiger partial charge in [-0.15, -0.1) is 5.10 Å². The van der Waals surface area contributed by atoms with Crippen LogP contribution in [0.25, 0.3) is 0 Å². The lowest BCUT2D eigenvalue weighted by Gasteiger charge is -2.24. The van der Waals surface area contributed by atoms with Crippen LogP contribution in [0.4, 0.5) is 0 Å². The van der Waals surface area contributed by atoms with Crippen molar-refractivity contribution in [2.24, 2.45) is 0 Å². The van der Waals surface area contributed by atoms with Gasteiger partial charge in [-0.3, -0.25) is 4.90 Å². The van der Waals surface area contributed by atoms with Crippen LogP contribution in [0.1, 0.15) is 50.1 Å². The lowest BCUT2D eigenvalue weighted by molar-refractivity contribution is 0.209. The van der Waals surface area contributed by atoms with Crippen molar-refractivity contribution in [1.29, 1.82) is 0 Å². The zero-order valence-electron chi connectivity index (χ0n) is 14.3. The molecule has 8 heteroatoms. The van der Waals surface area contributed by atoms with E-state index in [0.717, 1.165) is 56.5 Å². The van der Waals surface area contributed by atoms with Gasteiger partial charge < -0.3 is 0 Å². The van der Waals surface area contributed by atoms with E-state index in [4.69, 9.17) is 0 Å². The summed E-state index contributed by atoms with van der Waals surface area (Å²) < 4.78 is 3.97. The van der Waals surface area contributed by atoms with E-state index in [1.165, 1.54) is 12.8 Å². The molecule has 0 spiro atoms. The molecule has 8 nitrogen and oxygen atoms in total. The second-order valence-electron chi connectivity index (χ2n) is 6.33. The topological polar surface area (TPSA) is 77.5 Å². The Morgan fingerprint density at radius 1 is 1.22 bits per heavy atom. The molecule has 1 fully saturated rings. The van der Waals surface area contributed by atoms with Gasteiger partial charge in [0.15, 0.2) is 5.82 Å². The summed E-state index contributed by atoms with van der Waals surface area (Å²) in [6.45, 7) is 9.85. The van der Waals surface area contributed by atoms with Gasteiger partial charge in [0.1, 0.15) is 11.6 Å². The molecule has 0 aromatic carbocycles. The average molecular weight is 318 g/mol. The predicted molar refractivity (Wildman–Crippen MR) is 85.7 cm³/mol. The fourth-order valence-electron chi connectivity index (χ4n) is 3.24. The fourth-order valence-corrected chi connectivity index (χ4v) is 3.24. The quantitative estimate of drug-likeness (QED) is 0.767. The molecule has 0 saturated carbocycles. The molecule has 0 unspecified atom stereocenters. The third-order valence-corrected chi connectivity index (χ3v) is 4.52. The van der Waals surface area contributed by atoms with Crippen LogP contribution >= 0.6 is 0 Å². The van der Waals surface area contributed by atoms with Crippen LogP contribution in [0.15, 0.2) is 0 Å². The molecule has 23 heavy (non-hydrogen) atoms. The van der Waals surface area contributed by atoms with Gasteiger partial charge in [0.2, 0.25) is 0 Å². The Bertz CT molecular complexity index is 631. The number of likely N-dealkylation sites (tertiary alicyclic amines) is 1. The first-order chi connectivity index (χ1) is 11.2. The number of aryl methyl sites for hydroxylation is 3. The van der Waals surface area contributed by atoms with Crippen molar-refractivity contribution in [2.75, 3.05) is 6.54 Å². The van der Waals surface area contributed by atoms with Crippen LogP contribution < -0.4 is 0 Å². The molecule has 2 aromatic rings. The molecule has 0 bridgehead atoms. The Balaban J connectivity index is 1.65. The first-order valence-corrected chi connectivity index (χ1v) is 8.54. The minimum Gasteiger partial charge on any atom is -0.291 e. The molecule has 3 heterocycles. The van der Waals surface area contributed by atoms with Crippen LogP contribution in [-0.4, -0.2) is 52.5 Å². The lowest BCUT2D eigenvalue weighted by atomic mass is 10.2. The lowest BCUT2D eigenvalue weighted by Crippen LogP contribution is -2.34. The van der Waals surface area contributed by atoms with E-state index in [1.54, 1.807) is 0 Å². The van der Waals surface area contributed by atoms with Gasteiger partial charge in [0.25, 0.3) is 0 Å². The van der Waals surface area contributed by atoms with Crippen LogP contribution in [-0.2, 0) is 19.6 Å². The van der Waals surface area contributed by atoms with Crippen molar-refractivity contribution in [3.05, 3.63) is 17.5 Å². The Kier molecular flexibility index (Phi) is 5.00. The van der Waals surface area contributed by atoms with Crippen molar-refractivity contribution < 1.29 is 0 Å². The highest BCUT2D eigenvalue weighted by Crippen LogP contribution is 2.21. The predicted octanol–water partition coefficient (Wildman–Crippen LogP) is 1.35. The first-order valence-electron chi connectivity index (χ1n) is 8.54. The first kappa shape index (κ1) is 16.0. The number of aromatic nitrogens is 7. The average Bonchev–Trinajstić information content (AvgIpc) is 3.21. The molecule has 0 aliphatic carbocycles. The monoisotopic (exact) mass is 318 g/mol. The summed E-state index contributed by atoms with van der Waals surface area (Å²) in [5.41, 5.74) is 0. The Morgan fingerprint density at radius 3 is 2.83 bits per heavy atom. The Morgan fingerprint density at radius 2 is 2.09 bits per heavy atom. The highest BCUT2D eigenvalue weighted by Gasteiger charge is 2.27. The van der Waals surface area contributed by atoms with E-state index in [9.17, 15) is 0 Å². The largest absolute Gasteiger partial charge is 0.291 e. The molecular weight excluding hydrogens is 292 g/mol. The smallest absolute Gasteiger partial charge is 0.165 e. The van der Waals surface area contributed by atoms with Gasteiger partial charge >= 0.3 is 0 Å². The zero-order valence-corrected chi connectivity index (χ0v) is 14.3. The molecule has 126 valence electrons. The molecule has 1 aliphatic heterocycles. The second-order valence-corrected chi connectivity index (χ2v) is 6.33. The number of hydrogen-bond acceptors (Lipinski definition) is 6. The number of tetrazole rings is 1. The van der Waals surface area contributed by atoms with E-state index >= 15 is 0 Å². The third kappa shape index (κ3) is 3.74. The molecular formula is C15H26N8. The van der Waals surface area contributed by atoms with Crippen molar-refractivity contribution >= 4 is 0 Å². The molecule has 2 aromatic heterocycles. The van der Waals surface area contributed by atoms with E-state index in [1.807, 2.05) is 23.2 Å². The van der Waals surface area contributed by atoms with Crippen molar-refractivity contribution in [2.45, 2.75) is 72.1 Å². The number of rotatable bonds is 7. The van der Waals surface area contributed by atoms with Gasteiger partial charge in [-0.1, -0.05) is 13.3 Å². The van der Waals surface area contributed by atoms with Crippen LogP contribution in [0, 0.1) is 13.8 Å². The zero-order chi connectivity index (χ0) is 16.2. The molecule has 0 radical (unpaired) electrons. The highest BCUT2D eigenvalue weighted by molar-refractivity contribution is 4.91. The van der Waals surface area contributed by atoms with Crippen LogP contribution in [0.3, 0.4) is 0 Å². The molecule has 3 rings (SSSR count). The summed E-state index contributed by atoms with van der Waals surface area (Å²) in [5.74, 6) is 2.80. The summed E-state index contributed by atoms with van der Waals surface area (Å²) in [4.78, 5) is 6.88. The van der Waals surface area contributed by atoms with Gasteiger partial charge in [-0.2, -0.15) is 5.10 Å². The van der Waals surface area contributed by atoms with Crippen molar-refractivity contribution in [3.8, 4) is 0 Å². The Labute approximate surface area is 136 Å². The Hall–Kier alpha value is -1.83. The summed E-state index contributed by atoms with van der Waals surface area (Å²) >= 11 is 0. The maximum atomic E-state index is 4.50. The van der Waals surface area contributed by atoms with Crippen LogP contribution in [0.2, 0.25) is 0 Å². The standard InChI is InChI=1S/C15H26N8/c1-4-5-9-22-15(17-19-20-22)11-21-8-6-7-14(21)10-23-13(3)16-12(2)18-23/h14H,4-11H2,1-3H3/t14-/m0/s1. The summed E-state index contributed by atoms with van der Waals surface area (Å²) in [6.07, 6.45) is 4.66. The third-order valence-electron chi connectivity index (χ3n) is 4.52. The van der Waals surface area contributed by atoms with Gasteiger partial charge in [-0.25, -0.2) is 14.3 Å².